The summed E-state index contributed by atoms with van der Waals surface area (Å²) in [6.07, 6.45) is 0. The molecule has 3 rings (SSSR count). The van der Waals surface area contributed by atoms with Gasteiger partial charge in [0, 0.05) is 11.8 Å². The first-order chi connectivity index (χ1) is 13.5. The SMILES string of the molecule is CCOc1ccccc1NC(=O)c1cc(C)nc(Nc2ccc(F)cc2F)n1. The molecule has 0 saturated heterocycles. The van der Waals surface area contributed by atoms with E-state index in [-0.39, 0.29) is 17.3 Å². The van der Waals surface area contributed by atoms with Crippen LogP contribution in [-0.4, -0.2) is 22.5 Å². The van der Waals surface area contributed by atoms with E-state index in [1.807, 2.05) is 6.92 Å². The molecule has 0 aliphatic rings. The Morgan fingerprint density at radius 2 is 1.86 bits per heavy atom. The van der Waals surface area contributed by atoms with Crippen LogP contribution in [0.25, 0.3) is 0 Å². The molecule has 0 fully saturated rings. The van der Waals surface area contributed by atoms with Crippen molar-refractivity contribution >= 4 is 23.2 Å². The van der Waals surface area contributed by atoms with Gasteiger partial charge in [0.2, 0.25) is 5.95 Å². The lowest BCUT2D eigenvalue weighted by atomic mass is 10.2. The normalized spacial score (nSPS) is 10.4. The molecule has 0 atom stereocenters. The first-order valence-corrected chi connectivity index (χ1v) is 8.57. The zero-order valence-corrected chi connectivity index (χ0v) is 15.3. The van der Waals surface area contributed by atoms with E-state index in [1.165, 1.54) is 12.1 Å². The Labute approximate surface area is 160 Å². The Balaban J connectivity index is 1.84. The zero-order chi connectivity index (χ0) is 20.1. The fourth-order valence-corrected chi connectivity index (χ4v) is 2.49. The van der Waals surface area contributed by atoms with Crippen molar-refractivity contribution in [2.75, 3.05) is 17.2 Å². The molecule has 2 aromatic carbocycles. The van der Waals surface area contributed by atoms with Gasteiger partial charge in [-0.3, -0.25) is 4.79 Å². The van der Waals surface area contributed by atoms with E-state index in [0.717, 1.165) is 12.1 Å². The number of aromatic nitrogens is 2. The third kappa shape index (κ3) is 4.59. The quantitative estimate of drug-likeness (QED) is 0.656. The highest BCUT2D eigenvalue weighted by molar-refractivity contribution is 6.03. The van der Waals surface area contributed by atoms with Crippen LogP contribution in [0.4, 0.5) is 26.1 Å². The first-order valence-electron chi connectivity index (χ1n) is 8.57. The minimum Gasteiger partial charge on any atom is -0.492 e. The number of ether oxygens (including phenoxy) is 1. The van der Waals surface area contributed by atoms with Crippen molar-refractivity contribution in [3.63, 3.8) is 0 Å². The first kappa shape index (κ1) is 19.2. The lowest BCUT2D eigenvalue weighted by Gasteiger charge is -2.12. The predicted molar refractivity (Wildman–Crippen MR) is 102 cm³/mol. The van der Waals surface area contributed by atoms with E-state index in [9.17, 15) is 13.6 Å². The highest BCUT2D eigenvalue weighted by atomic mass is 19.1. The van der Waals surface area contributed by atoms with Crippen molar-refractivity contribution in [2.45, 2.75) is 13.8 Å². The highest BCUT2D eigenvalue weighted by Crippen LogP contribution is 2.24. The van der Waals surface area contributed by atoms with Gasteiger partial charge in [-0.2, -0.15) is 0 Å². The number of amides is 1. The van der Waals surface area contributed by atoms with Gasteiger partial charge in [-0.15, -0.1) is 0 Å². The van der Waals surface area contributed by atoms with Gasteiger partial charge in [0.05, 0.1) is 18.0 Å². The van der Waals surface area contributed by atoms with Gasteiger partial charge < -0.3 is 15.4 Å². The van der Waals surface area contributed by atoms with Crippen LogP contribution in [0.1, 0.15) is 23.1 Å². The molecule has 0 spiro atoms. The monoisotopic (exact) mass is 384 g/mol. The second kappa shape index (κ2) is 8.43. The fourth-order valence-electron chi connectivity index (χ4n) is 2.49. The molecule has 8 heteroatoms. The van der Waals surface area contributed by atoms with Crippen molar-refractivity contribution in [3.8, 4) is 5.75 Å². The number of hydrogen-bond acceptors (Lipinski definition) is 5. The van der Waals surface area contributed by atoms with E-state index in [4.69, 9.17) is 4.74 Å². The summed E-state index contributed by atoms with van der Waals surface area (Å²) in [5, 5.41) is 5.41. The van der Waals surface area contributed by atoms with Crippen LogP contribution in [0.5, 0.6) is 5.75 Å². The number of aryl methyl sites for hydroxylation is 1. The molecule has 3 aromatic rings. The zero-order valence-electron chi connectivity index (χ0n) is 15.3. The largest absolute Gasteiger partial charge is 0.492 e. The molecule has 2 N–H and O–H groups in total. The number of rotatable bonds is 6. The van der Waals surface area contributed by atoms with Crippen molar-refractivity contribution in [1.82, 2.24) is 9.97 Å². The smallest absolute Gasteiger partial charge is 0.274 e. The van der Waals surface area contributed by atoms with Gasteiger partial charge in [0.25, 0.3) is 5.91 Å². The molecule has 144 valence electrons. The van der Waals surface area contributed by atoms with Gasteiger partial charge in [0.1, 0.15) is 23.1 Å². The summed E-state index contributed by atoms with van der Waals surface area (Å²) >= 11 is 0. The summed E-state index contributed by atoms with van der Waals surface area (Å²) in [5.41, 5.74) is 1.09. The molecule has 28 heavy (non-hydrogen) atoms. The van der Waals surface area contributed by atoms with Crippen LogP contribution in [0, 0.1) is 18.6 Å². The number of halogens is 2. The van der Waals surface area contributed by atoms with Gasteiger partial charge in [-0.25, -0.2) is 18.7 Å². The number of anilines is 3. The number of nitrogens with one attached hydrogen (secondary N) is 2. The average Bonchev–Trinajstić information content (AvgIpc) is 2.65. The number of benzene rings is 2. The molecule has 0 saturated carbocycles. The summed E-state index contributed by atoms with van der Waals surface area (Å²) in [6.45, 7) is 3.98. The number of para-hydroxylation sites is 2. The molecular weight excluding hydrogens is 366 g/mol. The maximum absolute atomic E-state index is 13.8. The van der Waals surface area contributed by atoms with Crippen LogP contribution in [0.15, 0.2) is 48.5 Å². The fraction of sp³-hybridized carbons (Fsp3) is 0.150. The number of carbonyl (C=O) groups excluding carboxylic acids is 1. The molecule has 0 unspecified atom stereocenters. The number of nitrogens with zero attached hydrogens (tertiary/aromatic N) is 2. The standard InChI is InChI=1S/C20H18F2N4O2/c1-3-28-18-7-5-4-6-16(18)24-19(27)17-10-12(2)23-20(26-17)25-15-9-8-13(21)11-14(15)22/h4-11H,3H2,1-2H3,(H,24,27)(H,23,25,26). The van der Waals surface area contributed by atoms with Gasteiger partial charge in [-0.1, -0.05) is 12.1 Å². The Hall–Kier alpha value is -3.55. The minimum absolute atomic E-state index is 0.0000459. The van der Waals surface area contributed by atoms with Crippen LogP contribution in [-0.2, 0) is 0 Å². The van der Waals surface area contributed by atoms with E-state index >= 15 is 0 Å². The predicted octanol–water partition coefficient (Wildman–Crippen LogP) is 4.46. The van der Waals surface area contributed by atoms with Gasteiger partial charge in [0.15, 0.2) is 0 Å². The average molecular weight is 384 g/mol. The highest BCUT2D eigenvalue weighted by Gasteiger charge is 2.14. The summed E-state index contributed by atoms with van der Waals surface area (Å²) in [5.74, 6) is -1.40. The molecule has 1 aromatic heterocycles. The molecule has 0 radical (unpaired) electrons. The van der Waals surface area contributed by atoms with Crippen LogP contribution < -0.4 is 15.4 Å². The van der Waals surface area contributed by atoms with E-state index in [0.29, 0.717) is 23.7 Å². The topological polar surface area (TPSA) is 76.1 Å². The van der Waals surface area contributed by atoms with Crippen molar-refractivity contribution < 1.29 is 18.3 Å². The van der Waals surface area contributed by atoms with Gasteiger partial charge in [-0.05, 0) is 44.2 Å². The minimum atomic E-state index is -0.790. The summed E-state index contributed by atoms with van der Waals surface area (Å²) < 4.78 is 32.4. The molecular formula is C20H18F2N4O2. The van der Waals surface area contributed by atoms with Crippen molar-refractivity contribution in [2.24, 2.45) is 0 Å². The lowest BCUT2D eigenvalue weighted by Crippen LogP contribution is -2.16. The van der Waals surface area contributed by atoms with Crippen LogP contribution in [0.2, 0.25) is 0 Å². The maximum atomic E-state index is 13.8. The molecule has 0 aliphatic carbocycles. The van der Waals surface area contributed by atoms with Crippen molar-refractivity contribution in [3.05, 3.63) is 71.6 Å². The summed E-state index contributed by atoms with van der Waals surface area (Å²) in [6, 6.07) is 11.6. The summed E-state index contributed by atoms with van der Waals surface area (Å²) in [7, 11) is 0. The Kier molecular flexibility index (Phi) is 5.78. The second-order valence-electron chi connectivity index (χ2n) is 5.85. The maximum Gasteiger partial charge on any atom is 0.274 e. The Bertz CT molecular complexity index is 1010. The Morgan fingerprint density at radius 1 is 1.07 bits per heavy atom. The van der Waals surface area contributed by atoms with Crippen molar-refractivity contribution in [1.29, 1.82) is 0 Å². The molecule has 1 heterocycles. The molecule has 0 aliphatic heterocycles. The molecule has 1 amide bonds. The third-order valence-electron chi connectivity index (χ3n) is 3.70. The van der Waals surface area contributed by atoms with Crippen LogP contribution >= 0.6 is 0 Å². The molecule has 6 nitrogen and oxygen atoms in total. The number of carbonyl (C=O) groups is 1. The van der Waals surface area contributed by atoms with E-state index < -0.39 is 17.5 Å². The van der Waals surface area contributed by atoms with E-state index in [2.05, 4.69) is 20.6 Å². The summed E-state index contributed by atoms with van der Waals surface area (Å²) in [4.78, 5) is 20.9. The second-order valence-corrected chi connectivity index (χ2v) is 5.85. The number of hydrogen-bond donors (Lipinski definition) is 2. The lowest BCUT2D eigenvalue weighted by molar-refractivity contribution is 0.102. The third-order valence-corrected chi connectivity index (χ3v) is 3.70. The molecule has 0 bridgehead atoms. The van der Waals surface area contributed by atoms with Gasteiger partial charge >= 0.3 is 0 Å². The van der Waals surface area contributed by atoms with Crippen LogP contribution in [0.3, 0.4) is 0 Å². The van der Waals surface area contributed by atoms with E-state index in [1.54, 1.807) is 31.2 Å². The Morgan fingerprint density at radius 3 is 2.61 bits per heavy atom.